The SMILES string of the molecule is CC(C)Cc1nnc(C2CCCN(C(=O)Nc3ccc(Cl)cc3)C2)s1. The zero-order valence-electron chi connectivity index (χ0n) is 14.5. The van der Waals surface area contributed by atoms with Crippen LogP contribution in [0.25, 0.3) is 0 Å². The monoisotopic (exact) mass is 378 g/mol. The number of amides is 2. The third kappa shape index (κ3) is 4.92. The van der Waals surface area contributed by atoms with E-state index in [-0.39, 0.29) is 11.9 Å². The van der Waals surface area contributed by atoms with Crippen LogP contribution in [0.3, 0.4) is 0 Å². The molecule has 3 rings (SSSR count). The molecule has 1 aliphatic heterocycles. The van der Waals surface area contributed by atoms with Crippen LogP contribution in [0, 0.1) is 5.92 Å². The molecule has 1 saturated heterocycles. The molecule has 0 bridgehead atoms. The summed E-state index contributed by atoms with van der Waals surface area (Å²) in [4.78, 5) is 14.4. The van der Waals surface area contributed by atoms with Gasteiger partial charge in [0.15, 0.2) is 0 Å². The van der Waals surface area contributed by atoms with E-state index < -0.39 is 0 Å². The molecule has 1 atom stereocenters. The van der Waals surface area contributed by atoms with Crippen LogP contribution in [0.4, 0.5) is 10.5 Å². The quantitative estimate of drug-likeness (QED) is 0.831. The van der Waals surface area contributed by atoms with E-state index in [1.165, 1.54) is 0 Å². The number of aromatic nitrogens is 2. The Labute approximate surface area is 157 Å². The maximum Gasteiger partial charge on any atom is 0.321 e. The summed E-state index contributed by atoms with van der Waals surface area (Å²) >= 11 is 7.57. The number of likely N-dealkylation sites (tertiary alicyclic amines) is 1. The predicted molar refractivity (Wildman–Crippen MR) is 102 cm³/mol. The zero-order chi connectivity index (χ0) is 17.8. The van der Waals surface area contributed by atoms with Crippen LogP contribution in [0.1, 0.15) is 42.6 Å². The summed E-state index contributed by atoms with van der Waals surface area (Å²) < 4.78 is 0. The van der Waals surface area contributed by atoms with E-state index in [0.717, 1.165) is 41.5 Å². The lowest BCUT2D eigenvalue weighted by Crippen LogP contribution is -2.41. The van der Waals surface area contributed by atoms with Crippen LogP contribution in [0.15, 0.2) is 24.3 Å². The molecule has 1 aliphatic rings. The first-order chi connectivity index (χ1) is 12.0. The molecule has 7 heteroatoms. The third-order valence-corrected chi connectivity index (χ3v) is 5.58. The largest absolute Gasteiger partial charge is 0.324 e. The molecule has 1 aromatic carbocycles. The van der Waals surface area contributed by atoms with Gasteiger partial charge in [-0.1, -0.05) is 25.4 Å². The van der Waals surface area contributed by atoms with Crippen LogP contribution >= 0.6 is 22.9 Å². The van der Waals surface area contributed by atoms with Crippen molar-refractivity contribution in [3.8, 4) is 0 Å². The van der Waals surface area contributed by atoms with Crippen LogP contribution in [-0.2, 0) is 6.42 Å². The van der Waals surface area contributed by atoms with E-state index in [0.29, 0.717) is 17.5 Å². The van der Waals surface area contributed by atoms with Crippen molar-refractivity contribution in [2.75, 3.05) is 18.4 Å². The average molecular weight is 379 g/mol. The van der Waals surface area contributed by atoms with Crippen LogP contribution in [-0.4, -0.2) is 34.2 Å². The molecular weight excluding hydrogens is 356 g/mol. The molecule has 1 N–H and O–H groups in total. The van der Waals surface area contributed by atoms with Gasteiger partial charge < -0.3 is 10.2 Å². The van der Waals surface area contributed by atoms with Crippen LogP contribution in [0.2, 0.25) is 5.02 Å². The number of nitrogens with one attached hydrogen (secondary N) is 1. The average Bonchev–Trinajstić information content (AvgIpc) is 3.05. The van der Waals surface area contributed by atoms with E-state index in [4.69, 9.17) is 11.6 Å². The molecule has 1 aromatic heterocycles. The van der Waals surface area contributed by atoms with Gasteiger partial charge >= 0.3 is 6.03 Å². The Balaban J connectivity index is 1.61. The van der Waals surface area contributed by atoms with Gasteiger partial charge in [0.25, 0.3) is 0 Å². The van der Waals surface area contributed by atoms with E-state index >= 15 is 0 Å². The number of anilines is 1. The second kappa shape index (κ2) is 8.15. The number of benzene rings is 1. The summed E-state index contributed by atoms with van der Waals surface area (Å²) in [6, 6.07) is 7.09. The molecular formula is C18H23ClN4OS. The number of urea groups is 1. The van der Waals surface area contributed by atoms with Crippen molar-refractivity contribution in [1.29, 1.82) is 0 Å². The maximum absolute atomic E-state index is 12.5. The molecule has 1 fully saturated rings. The minimum absolute atomic E-state index is 0.0704. The molecule has 5 nitrogen and oxygen atoms in total. The zero-order valence-corrected chi connectivity index (χ0v) is 16.1. The second-order valence-corrected chi connectivity index (χ2v) is 8.38. The van der Waals surface area contributed by atoms with Crippen molar-refractivity contribution in [2.45, 2.75) is 39.0 Å². The van der Waals surface area contributed by atoms with Gasteiger partial charge in [0.05, 0.1) is 0 Å². The van der Waals surface area contributed by atoms with Gasteiger partial charge in [0.2, 0.25) is 0 Å². The van der Waals surface area contributed by atoms with E-state index in [9.17, 15) is 4.79 Å². The Morgan fingerprint density at radius 3 is 2.84 bits per heavy atom. The first-order valence-corrected chi connectivity index (χ1v) is 9.84. The molecule has 25 heavy (non-hydrogen) atoms. The van der Waals surface area contributed by atoms with Crippen molar-refractivity contribution in [2.24, 2.45) is 5.92 Å². The van der Waals surface area contributed by atoms with E-state index in [2.05, 4.69) is 29.4 Å². The topological polar surface area (TPSA) is 58.1 Å². The Hall–Kier alpha value is -1.66. The number of piperidine rings is 1. The summed E-state index contributed by atoms with van der Waals surface area (Å²) in [5, 5.41) is 14.4. The standard InChI is InChI=1S/C18H23ClN4OS/c1-12(2)10-16-21-22-17(25-16)13-4-3-9-23(11-13)18(24)20-15-7-5-14(19)6-8-15/h5-8,12-13H,3-4,9-11H2,1-2H3,(H,20,24). The van der Waals surface area contributed by atoms with Crippen molar-refractivity contribution in [1.82, 2.24) is 15.1 Å². The van der Waals surface area contributed by atoms with Gasteiger partial charge in [0.1, 0.15) is 10.0 Å². The van der Waals surface area contributed by atoms with Gasteiger partial charge in [-0.2, -0.15) is 0 Å². The Morgan fingerprint density at radius 2 is 2.12 bits per heavy atom. The first-order valence-electron chi connectivity index (χ1n) is 8.65. The number of halogens is 1. The molecule has 0 radical (unpaired) electrons. The predicted octanol–water partition coefficient (Wildman–Crippen LogP) is 4.80. The molecule has 2 aromatic rings. The number of hydrogen-bond donors (Lipinski definition) is 1. The lowest BCUT2D eigenvalue weighted by atomic mass is 9.99. The normalized spacial score (nSPS) is 17.8. The van der Waals surface area contributed by atoms with E-state index in [1.807, 2.05) is 17.0 Å². The van der Waals surface area contributed by atoms with Crippen LogP contribution < -0.4 is 5.32 Å². The van der Waals surface area contributed by atoms with E-state index in [1.54, 1.807) is 23.5 Å². The minimum atomic E-state index is -0.0704. The summed E-state index contributed by atoms with van der Waals surface area (Å²) in [6.45, 7) is 5.83. The number of carbonyl (C=O) groups is 1. The maximum atomic E-state index is 12.5. The summed E-state index contributed by atoms with van der Waals surface area (Å²) in [6.07, 6.45) is 3.00. The molecule has 0 aliphatic carbocycles. The highest BCUT2D eigenvalue weighted by atomic mass is 35.5. The fourth-order valence-electron chi connectivity index (χ4n) is 2.96. The fraction of sp³-hybridized carbons (Fsp3) is 0.500. The fourth-order valence-corrected chi connectivity index (χ4v) is 4.27. The van der Waals surface area contributed by atoms with Crippen LogP contribution in [0.5, 0.6) is 0 Å². The van der Waals surface area contributed by atoms with Gasteiger partial charge in [-0.05, 0) is 43.0 Å². The van der Waals surface area contributed by atoms with Gasteiger partial charge in [-0.25, -0.2) is 4.79 Å². The molecule has 2 amide bonds. The lowest BCUT2D eigenvalue weighted by Gasteiger charge is -2.31. The van der Waals surface area contributed by atoms with Crippen molar-refractivity contribution in [3.05, 3.63) is 39.3 Å². The number of nitrogens with zero attached hydrogens (tertiary/aromatic N) is 3. The van der Waals surface area contributed by atoms with Crippen molar-refractivity contribution >= 4 is 34.7 Å². The molecule has 134 valence electrons. The molecule has 1 unspecified atom stereocenters. The smallest absolute Gasteiger partial charge is 0.321 e. The minimum Gasteiger partial charge on any atom is -0.324 e. The van der Waals surface area contributed by atoms with Gasteiger partial charge in [-0.15, -0.1) is 21.5 Å². The summed E-state index contributed by atoms with van der Waals surface area (Å²) in [5.74, 6) is 0.858. The van der Waals surface area contributed by atoms with Gasteiger partial charge in [-0.3, -0.25) is 0 Å². The van der Waals surface area contributed by atoms with Crippen molar-refractivity contribution < 1.29 is 4.79 Å². The highest BCUT2D eigenvalue weighted by Gasteiger charge is 2.27. The number of hydrogen-bond acceptors (Lipinski definition) is 4. The molecule has 0 spiro atoms. The second-order valence-electron chi connectivity index (χ2n) is 6.85. The Morgan fingerprint density at radius 1 is 1.36 bits per heavy atom. The summed E-state index contributed by atoms with van der Waals surface area (Å²) in [7, 11) is 0. The molecule has 0 saturated carbocycles. The number of rotatable bonds is 4. The Kier molecular flexibility index (Phi) is 5.91. The first kappa shape index (κ1) is 18.1. The molecule has 2 heterocycles. The lowest BCUT2D eigenvalue weighted by molar-refractivity contribution is 0.192. The van der Waals surface area contributed by atoms with Gasteiger partial charge in [0, 0.05) is 36.1 Å². The van der Waals surface area contributed by atoms with Crippen molar-refractivity contribution in [3.63, 3.8) is 0 Å². The summed E-state index contributed by atoms with van der Waals surface area (Å²) in [5.41, 5.74) is 0.756. The highest BCUT2D eigenvalue weighted by Crippen LogP contribution is 2.30. The highest BCUT2D eigenvalue weighted by molar-refractivity contribution is 7.11. The Bertz CT molecular complexity index is 716. The third-order valence-electron chi connectivity index (χ3n) is 4.22. The number of carbonyl (C=O) groups excluding carboxylic acids is 1.